The first kappa shape index (κ1) is 13.5. The Balaban J connectivity index is 2.36. The van der Waals surface area contributed by atoms with Gasteiger partial charge in [-0.2, -0.15) is 0 Å². The summed E-state index contributed by atoms with van der Waals surface area (Å²) in [5.74, 6) is 0. The molecule has 0 nitrogen and oxygen atoms in total. The molecule has 0 spiro atoms. The van der Waals surface area contributed by atoms with E-state index in [-0.39, 0.29) is 0 Å². The fourth-order valence-electron chi connectivity index (χ4n) is 1.64. The van der Waals surface area contributed by atoms with E-state index in [4.69, 9.17) is 0 Å². The van der Waals surface area contributed by atoms with Crippen molar-refractivity contribution in [3.05, 3.63) is 60.7 Å². The molecular weight excluding hydrogens is 353 g/mol. The summed E-state index contributed by atoms with van der Waals surface area (Å²) in [6.07, 6.45) is -4.09. The number of rotatable bonds is 3. The molecule has 0 N–H and O–H groups in total. The summed E-state index contributed by atoms with van der Waals surface area (Å²) in [5, 5.41) is 0. The average molecular weight is 365 g/mol. The number of halogens is 3. The molecular formula is C14H12F3Te. The molecule has 0 unspecified atom stereocenters. The van der Waals surface area contributed by atoms with Crippen LogP contribution in [-0.2, 0) is 0 Å². The standard InChI is InChI=1S/C14H12F3Te/c15-14(16,17)11-18(12-7-3-1-4-8-12)13-9-5-2-6-10-13/h1-10H,11H2. The predicted octanol–water partition coefficient (Wildman–Crippen LogP) is 2.86. The monoisotopic (exact) mass is 367 g/mol. The maximum atomic E-state index is 12.7. The van der Waals surface area contributed by atoms with Gasteiger partial charge < -0.3 is 0 Å². The zero-order valence-electron chi connectivity index (χ0n) is 9.52. The summed E-state index contributed by atoms with van der Waals surface area (Å²) >= 11 is -2.55. The molecule has 0 fully saturated rings. The van der Waals surface area contributed by atoms with Gasteiger partial charge in [0.2, 0.25) is 0 Å². The second-order valence-corrected chi connectivity index (χ2v) is 9.52. The fourth-order valence-corrected chi connectivity index (χ4v) is 7.07. The van der Waals surface area contributed by atoms with Crippen molar-refractivity contribution in [1.82, 2.24) is 0 Å². The SMILES string of the molecule is FC(F)(F)C[Te](c1ccccc1)c1ccccc1. The third-order valence-corrected chi connectivity index (χ3v) is 8.92. The van der Waals surface area contributed by atoms with Crippen molar-refractivity contribution in [3.8, 4) is 0 Å². The normalized spacial score (nSPS) is 11.8. The minimum atomic E-state index is -4.09. The van der Waals surface area contributed by atoms with E-state index in [9.17, 15) is 13.2 Å². The molecule has 0 aliphatic carbocycles. The zero-order valence-corrected chi connectivity index (χ0v) is 11.9. The topological polar surface area (TPSA) is 0 Å². The molecule has 0 amide bonds. The summed E-state index contributed by atoms with van der Waals surface area (Å²) in [4.78, 5) is 0. The van der Waals surface area contributed by atoms with Crippen LogP contribution in [0.1, 0.15) is 0 Å². The van der Waals surface area contributed by atoms with Crippen LogP contribution >= 0.6 is 0 Å². The summed E-state index contributed by atoms with van der Waals surface area (Å²) in [7, 11) is 0. The van der Waals surface area contributed by atoms with Gasteiger partial charge in [0.25, 0.3) is 0 Å². The van der Waals surface area contributed by atoms with Gasteiger partial charge in [0, 0.05) is 0 Å². The van der Waals surface area contributed by atoms with Crippen LogP contribution in [0.25, 0.3) is 0 Å². The molecule has 0 saturated carbocycles. The van der Waals surface area contributed by atoms with E-state index in [1.807, 2.05) is 60.7 Å². The molecule has 2 aromatic rings. The van der Waals surface area contributed by atoms with E-state index in [0.29, 0.717) is 0 Å². The van der Waals surface area contributed by atoms with E-state index in [2.05, 4.69) is 0 Å². The summed E-state index contributed by atoms with van der Waals surface area (Å²) in [6.45, 7) is 0. The van der Waals surface area contributed by atoms with Crippen LogP contribution < -0.4 is 7.22 Å². The van der Waals surface area contributed by atoms with Crippen LogP contribution in [0.4, 0.5) is 13.2 Å². The number of alkyl halides is 3. The van der Waals surface area contributed by atoms with Gasteiger partial charge in [0.05, 0.1) is 0 Å². The van der Waals surface area contributed by atoms with Gasteiger partial charge in [-0.25, -0.2) is 0 Å². The Kier molecular flexibility index (Phi) is 4.31. The van der Waals surface area contributed by atoms with Gasteiger partial charge >= 0.3 is 111 Å². The van der Waals surface area contributed by atoms with Gasteiger partial charge in [-0.3, -0.25) is 0 Å². The van der Waals surface area contributed by atoms with E-state index in [1.165, 1.54) is 0 Å². The van der Waals surface area contributed by atoms with Crippen LogP contribution in [-0.4, -0.2) is 25.7 Å². The molecule has 0 aliphatic rings. The predicted molar refractivity (Wildman–Crippen MR) is 68.8 cm³/mol. The van der Waals surface area contributed by atoms with Gasteiger partial charge in [0.1, 0.15) is 0 Å². The van der Waals surface area contributed by atoms with Gasteiger partial charge in [-0.05, 0) is 0 Å². The van der Waals surface area contributed by atoms with Crippen molar-refractivity contribution in [1.29, 1.82) is 0 Å². The Hall–Kier alpha value is -0.980. The third-order valence-electron chi connectivity index (χ3n) is 2.36. The van der Waals surface area contributed by atoms with Crippen LogP contribution in [0.3, 0.4) is 0 Å². The van der Waals surface area contributed by atoms with Crippen LogP contribution in [0.5, 0.6) is 0 Å². The van der Waals surface area contributed by atoms with Crippen molar-refractivity contribution in [2.75, 3.05) is 0 Å². The molecule has 0 aromatic heterocycles. The molecule has 0 heterocycles. The first-order valence-corrected chi connectivity index (χ1v) is 9.42. The molecule has 0 aliphatic heterocycles. The maximum absolute atomic E-state index is 12.7. The first-order valence-electron chi connectivity index (χ1n) is 5.44. The van der Waals surface area contributed by atoms with E-state index >= 15 is 0 Å². The molecule has 95 valence electrons. The Bertz CT molecular complexity index is 440. The summed E-state index contributed by atoms with van der Waals surface area (Å²) < 4.78 is 39.2. The number of hydrogen-bond donors (Lipinski definition) is 0. The molecule has 1 radical (unpaired) electrons. The van der Waals surface area contributed by atoms with E-state index in [0.717, 1.165) is 7.22 Å². The molecule has 0 saturated heterocycles. The summed E-state index contributed by atoms with van der Waals surface area (Å²) in [6, 6.07) is 18.2. The molecule has 0 atom stereocenters. The Morgan fingerprint density at radius 3 is 1.44 bits per heavy atom. The molecule has 4 heteroatoms. The summed E-state index contributed by atoms with van der Waals surface area (Å²) in [5.41, 5.74) is 0. The second kappa shape index (κ2) is 5.77. The Morgan fingerprint density at radius 2 is 1.11 bits per heavy atom. The zero-order chi connectivity index (χ0) is 13.0. The Morgan fingerprint density at radius 1 is 0.722 bits per heavy atom. The average Bonchev–Trinajstić information content (AvgIpc) is 2.37. The minimum absolute atomic E-state index is 0.662. The van der Waals surface area contributed by atoms with Gasteiger partial charge in [0.15, 0.2) is 0 Å². The number of hydrogen-bond acceptors (Lipinski definition) is 0. The van der Waals surface area contributed by atoms with Crippen molar-refractivity contribution in [2.45, 2.75) is 10.6 Å². The molecule has 2 aromatic carbocycles. The second-order valence-electron chi connectivity index (χ2n) is 3.78. The van der Waals surface area contributed by atoms with Crippen LogP contribution in [0, 0.1) is 0 Å². The Labute approximate surface area is 111 Å². The van der Waals surface area contributed by atoms with Crippen molar-refractivity contribution < 1.29 is 13.2 Å². The van der Waals surface area contributed by atoms with E-state index in [1.54, 1.807) is 0 Å². The fraction of sp³-hybridized carbons (Fsp3) is 0.143. The van der Waals surface area contributed by atoms with Gasteiger partial charge in [-0.1, -0.05) is 0 Å². The molecule has 2 rings (SSSR count). The van der Waals surface area contributed by atoms with Crippen LogP contribution in [0.15, 0.2) is 60.7 Å². The van der Waals surface area contributed by atoms with Gasteiger partial charge in [-0.15, -0.1) is 0 Å². The third kappa shape index (κ3) is 3.76. The van der Waals surface area contributed by atoms with Crippen molar-refractivity contribution >= 4 is 26.8 Å². The quantitative estimate of drug-likeness (QED) is 0.735. The van der Waals surface area contributed by atoms with Crippen molar-refractivity contribution in [3.63, 3.8) is 0 Å². The first-order chi connectivity index (χ1) is 8.56. The van der Waals surface area contributed by atoms with Crippen molar-refractivity contribution in [2.24, 2.45) is 0 Å². The molecule has 18 heavy (non-hydrogen) atoms. The number of benzene rings is 2. The molecule has 0 bridgehead atoms. The van der Waals surface area contributed by atoms with Crippen LogP contribution in [0.2, 0.25) is 4.47 Å². The van der Waals surface area contributed by atoms with E-state index < -0.39 is 30.2 Å².